The van der Waals surface area contributed by atoms with Gasteiger partial charge in [0.1, 0.15) is 0 Å². The number of nitrogens with zero attached hydrogens (tertiary/aromatic N) is 3. The Bertz CT molecular complexity index is 959. The van der Waals surface area contributed by atoms with Crippen molar-refractivity contribution in [3.63, 3.8) is 0 Å². The summed E-state index contributed by atoms with van der Waals surface area (Å²) in [6.07, 6.45) is 7.94. The molecular weight excluding hydrogens is 410 g/mol. The number of carbonyl (C=O) groups excluding carboxylic acids is 3. The molecule has 1 aromatic heterocycles. The summed E-state index contributed by atoms with van der Waals surface area (Å²) in [5.41, 5.74) is 2.08. The van der Waals surface area contributed by atoms with Gasteiger partial charge in [-0.3, -0.25) is 9.48 Å². The molecule has 0 bridgehead atoms. The quantitative estimate of drug-likeness (QED) is 0.510. The zero-order valence-corrected chi connectivity index (χ0v) is 18.4. The number of carbonyl (C=O) groups is 3. The first-order valence-electron chi connectivity index (χ1n) is 10.7. The van der Waals surface area contributed by atoms with Crippen LogP contribution in [0.15, 0.2) is 42.7 Å². The van der Waals surface area contributed by atoms with Gasteiger partial charge >= 0.3 is 12.0 Å². The average Bonchev–Trinajstić information content (AvgIpc) is 3.24. The van der Waals surface area contributed by atoms with E-state index in [9.17, 15) is 14.4 Å². The minimum Gasteiger partial charge on any atom is -0.463 e. The average molecular weight is 440 g/mol. The summed E-state index contributed by atoms with van der Waals surface area (Å²) in [5, 5.41) is 9.86. The lowest BCUT2D eigenvalue weighted by Crippen LogP contribution is -2.43. The molecule has 1 saturated heterocycles. The van der Waals surface area contributed by atoms with Crippen molar-refractivity contribution in [3.8, 4) is 0 Å². The Balaban J connectivity index is 1.40. The summed E-state index contributed by atoms with van der Waals surface area (Å²) in [4.78, 5) is 37.9. The topological polar surface area (TPSA) is 106 Å². The zero-order valence-electron chi connectivity index (χ0n) is 18.4. The Morgan fingerprint density at radius 1 is 1.19 bits per heavy atom. The number of hydrogen-bond acceptors (Lipinski definition) is 5. The van der Waals surface area contributed by atoms with Crippen LogP contribution in [0.3, 0.4) is 0 Å². The van der Waals surface area contributed by atoms with Gasteiger partial charge in [-0.05, 0) is 49.5 Å². The van der Waals surface area contributed by atoms with Crippen molar-refractivity contribution in [2.45, 2.75) is 19.8 Å². The molecule has 1 aromatic carbocycles. The second-order valence-corrected chi connectivity index (χ2v) is 7.68. The molecule has 2 aromatic rings. The minimum absolute atomic E-state index is 0.126. The van der Waals surface area contributed by atoms with Crippen molar-refractivity contribution >= 4 is 29.7 Å². The Hall–Kier alpha value is -3.62. The lowest BCUT2D eigenvalue weighted by Gasteiger charge is -2.32. The third-order valence-corrected chi connectivity index (χ3v) is 5.28. The fourth-order valence-electron chi connectivity index (χ4n) is 3.45. The molecular formula is C23H29N5O4. The maximum atomic E-state index is 12.6. The molecule has 9 nitrogen and oxygen atoms in total. The van der Waals surface area contributed by atoms with Gasteiger partial charge in [-0.1, -0.05) is 12.1 Å². The molecule has 0 radical (unpaired) electrons. The van der Waals surface area contributed by atoms with Crippen LogP contribution in [0.25, 0.3) is 6.08 Å². The third-order valence-electron chi connectivity index (χ3n) is 5.28. The lowest BCUT2D eigenvalue weighted by molar-refractivity contribution is -0.137. The Labute approximate surface area is 187 Å². The van der Waals surface area contributed by atoms with E-state index >= 15 is 0 Å². The predicted molar refractivity (Wildman–Crippen MR) is 121 cm³/mol. The molecule has 0 aliphatic carbocycles. The second-order valence-electron chi connectivity index (χ2n) is 7.68. The summed E-state index contributed by atoms with van der Waals surface area (Å²) in [6.45, 7) is 3.96. The fraction of sp³-hybridized carbons (Fsp3) is 0.391. The van der Waals surface area contributed by atoms with E-state index in [4.69, 9.17) is 4.74 Å². The normalized spacial score (nSPS) is 14.4. The Morgan fingerprint density at radius 2 is 1.91 bits per heavy atom. The monoisotopic (exact) mass is 439 g/mol. The van der Waals surface area contributed by atoms with Gasteiger partial charge in [0, 0.05) is 44.6 Å². The second kappa shape index (κ2) is 11.1. The maximum Gasteiger partial charge on any atom is 0.330 e. The molecule has 2 heterocycles. The van der Waals surface area contributed by atoms with Gasteiger partial charge in [-0.25, -0.2) is 9.59 Å². The molecule has 0 atom stereocenters. The third kappa shape index (κ3) is 6.69. The maximum absolute atomic E-state index is 12.6. The van der Waals surface area contributed by atoms with Crippen LogP contribution < -0.4 is 10.6 Å². The highest BCUT2D eigenvalue weighted by atomic mass is 16.5. The van der Waals surface area contributed by atoms with Crippen molar-refractivity contribution in [2.24, 2.45) is 13.0 Å². The molecule has 32 heavy (non-hydrogen) atoms. The molecule has 1 aliphatic rings. The van der Waals surface area contributed by atoms with E-state index < -0.39 is 0 Å². The van der Waals surface area contributed by atoms with Crippen LogP contribution in [0.1, 0.15) is 35.7 Å². The van der Waals surface area contributed by atoms with E-state index in [-0.39, 0.29) is 17.9 Å². The van der Waals surface area contributed by atoms with Crippen LogP contribution in [-0.2, 0) is 16.6 Å². The van der Waals surface area contributed by atoms with Crippen LogP contribution in [0.4, 0.5) is 10.5 Å². The number of urea groups is 1. The number of ether oxygens (including phenoxy) is 1. The molecule has 1 aliphatic heterocycles. The summed E-state index contributed by atoms with van der Waals surface area (Å²) >= 11 is 0. The Kier molecular flexibility index (Phi) is 8.02. The number of amides is 3. The number of likely N-dealkylation sites (tertiary alicyclic amines) is 1. The van der Waals surface area contributed by atoms with Crippen LogP contribution in [0.2, 0.25) is 0 Å². The number of esters is 1. The number of rotatable bonds is 7. The summed E-state index contributed by atoms with van der Waals surface area (Å²) in [6, 6.07) is 7.09. The molecule has 0 saturated carbocycles. The summed E-state index contributed by atoms with van der Waals surface area (Å²) in [5.74, 6) is -0.172. The number of nitrogens with one attached hydrogen (secondary N) is 2. The van der Waals surface area contributed by atoms with Crippen LogP contribution in [-0.4, -0.2) is 58.8 Å². The van der Waals surface area contributed by atoms with Crippen LogP contribution in [0.5, 0.6) is 0 Å². The molecule has 0 unspecified atom stereocenters. The van der Waals surface area contributed by atoms with E-state index in [1.54, 1.807) is 54.2 Å². The van der Waals surface area contributed by atoms with Gasteiger partial charge in [0.05, 0.1) is 18.4 Å². The number of hydrogen-bond donors (Lipinski definition) is 2. The van der Waals surface area contributed by atoms with Gasteiger partial charge in [0.15, 0.2) is 0 Å². The molecule has 3 rings (SSSR count). The van der Waals surface area contributed by atoms with Gasteiger partial charge in [-0.2, -0.15) is 5.10 Å². The zero-order chi connectivity index (χ0) is 22.9. The number of piperidine rings is 1. The number of benzene rings is 1. The van der Waals surface area contributed by atoms with Crippen molar-refractivity contribution in [1.82, 2.24) is 20.0 Å². The van der Waals surface area contributed by atoms with Crippen molar-refractivity contribution in [1.29, 1.82) is 0 Å². The van der Waals surface area contributed by atoms with E-state index in [0.717, 1.165) is 18.4 Å². The predicted octanol–water partition coefficient (Wildman–Crippen LogP) is 2.67. The van der Waals surface area contributed by atoms with Crippen molar-refractivity contribution in [3.05, 3.63) is 53.9 Å². The Morgan fingerprint density at radius 3 is 2.53 bits per heavy atom. The van der Waals surface area contributed by atoms with E-state index in [1.807, 2.05) is 12.1 Å². The highest BCUT2D eigenvalue weighted by Crippen LogP contribution is 2.18. The fourth-order valence-corrected chi connectivity index (χ4v) is 3.45. The standard InChI is InChI=1S/C23H29N5O4/c1-3-32-21(29)9-6-17-4-7-20(8-5-17)26-23(31)28-12-10-18(11-13-28)14-24-22(30)19-15-25-27(2)16-19/h4-9,15-16,18H,3,10-14H2,1-2H3,(H,24,30)(H,26,31)/b9-6-. The first-order valence-corrected chi connectivity index (χ1v) is 10.7. The van der Waals surface area contributed by atoms with Gasteiger partial charge < -0.3 is 20.3 Å². The van der Waals surface area contributed by atoms with E-state index in [2.05, 4.69) is 15.7 Å². The van der Waals surface area contributed by atoms with E-state index in [1.165, 1.54) is 6.08 Å². The lowest BCUT2D eigenvalue weighted by atomic mass is 9.97. The molecule has 9 heteroatoms. The van der Waals surface area contributed by atoms with Gasteiger partial charge in [0.2, 0.25) is 0 Å². The smallest absolute Gasteiger partial charge is 0.330 e. The first-order chi connectivity index (χ1) is 15.4. The molecule has 1 fully saturated rings. The highest BCUT2D eigenvalue weighted by Gasteiger charge is 2.23. The van der Waals surface area contributed by atoms with Crippen molar-refractivity contribution < 1.29 is 19.1 Å². The minimum atomic E-state index is -0.384. The molecule has 2 N–H and O–H groups in total. The van der Waals surface area contributed by atoms with Gasteiger partial charge in [0.25, 0.3) is 5.91 Å². The van der Waals surface area contributed by atoms with Crippen LogP contribution in [0, 0.1) is 5.92 Å². The van der Waals surface area contributed by atoms with E-state index in [0.29, 0.717) is 43.4 Å². The molecule has 170 valence electrons. The van der Waals surface area contributed by atoms with Crippen LogP contribution >= 0.6 is 0 Å². The van der Waals surface area contributed by atoms with Gasteiger partial charge in [-0.15, -0.1) is 0 Å². The molecule has 3 amide bonds. The number of aromatic nitrogens is 2. The highest BCUT2D eigenvalue weighted by molar-refractivity contribution is 5.93. The summed E-state index contributed by atoms with van der Waals surface area (Å²) in [7, 11) is 1.77. The number of anilines is 1. The largest absolute Gasteiger partial charge is 0.463 e. The number of aryl methyl sites for hydroxylation is 1. The summed E-state index contributed by atoms with van der Waals surface area (Å²) < 4.78 is 6.45. The first kappa shape index (κ1) is 23.1. The van der Waals surface area contributed by atoms with Crippen molar-refractivity contribution in [2.75, 3.05) is 31.6 Å². The SMILES string of the molecule is CCOC(=O)/C=C\c1ccc(NC(=O)N2CCC(CNC(=O)c3cnn(C)c3)CC2)cc1. The molecule has 0 spiro atoms.